The molecule has 1 aromatic carbocycles. The second kappa shape index (κ2) is 5.25. The van der Waals surface area contributed by atoms with Crippen molar-refractivity contribution in [1.82, 2.24) is 5.32 Å². The largest absolute Gasteiger partial charge is 0.306 e. The molecule has 0 aromatic heterocycles. The Bertz CT molecular complexity index is 517. The van der Waals surface area contributed by atoms with Crippen LogP contribution in [0.4, 0.5) is 0 Å². The van der Waals surface area contributed by atoms with Gasteiger partial charge in [-0.25, -0.2) is 8.42 Å². The molecule has 0 aliphatic carbocycles. The molecule has 3 nitrogen and oxygen atoms in total. The molecule has 1 N–H and O–H groups in total. The van der Waals surface area contributed by atoms with E-state index in [0.717, 1.165) is 6.42 Å². The molecular weight excluding hydrogens is 258 g/mol. The molecule has 19 heavy (non-hydrogen) atoms. The van der Waals surface area contributed by atoms with Crippen molar-refractivity contribution in [3.05, 3.63) is 35.9 Å². The number of nitrogens with one attached hydrogen (secondary N) is 1. The maximum atomic E-state index is 11.6. The van der Waals surface area contributed by atoms with Gasteiger partial charge in [0.1, 0.15) is 0 Å². The summed E-state index contributed by atoms with van der Waals surface area (Å²) in [7, 11) is -2.83. The first kappa shape index (κ1) is 14.5. The molecule has 0 radical (unpaired) electrons. The van der Waals surface area contributed by atoms with Crippen molar-refractivity contribution in [2.75, 3.05) is 11.5 Å². The Morgan fingerprint density at radius 3 is 2.32 bits per heavy atom. The molecule has 1 aliphatic rings. The molecule has 0 saturated carbocycles. The van der Waals surface area contributed by atoms with E-state index in [1.54, 1.807) is 0 Å². The van der Waals surface area contributed by atoms with Gasteiger partial charge in [0, 0.05) is 12.1 Å². The van der Waals surface area contributed by atoms with Crippen molar-refractivity contribution in [2.45, 2.75) is 39.3 Å². The van der Waals surface area contributed by atoms with Crippen molar-refractivity contribution in [1.29, 1.82) is 0 Å². The van der Waals surface area contributed by atoms with Crippen LogP contribution in [0.3, 0.4) is 0 Å². The van der Waals surface area contributed by atoms with Crippen LogP contribution in [0.15, 0.2) is 30.3 Å². The average Bonchev–Trinajstić information content (AvgIpc) is 2.65. The zero-order valence-electron chi connectivity index (χ0n) is 11.9. The van der Waals surface area contributed by atoms with Crippen molar-refractivity contribution < 1.29 is 8.42 Å². The van der Waals surface area contributed by atoms with Gasteiger partial charge in [0.25, 0.3) is 0 Å². The minimum absolute atomic E-state index is 0.0493. The van der Waals surface area contributed by atoms with Gasteiger partial charge in [-0.3, -0.25) is 0 Å². The second-order valence-electron chi connectivity index (χ2n) is 6.48. The number of hydrogen-bond acceptors (Lipinski definition) is 3. The van der Waals surface area contributed by atoms with E-state index >= 15 is 0 Å². The summed E-state index contributed by atoms with van der Waals surface area (Å²) in [5.74, 6) is 0.586. The Hall–Kier alpha value is -0.870. The Morgan fingerprint density at radius 1 is 1.21 bits per heavy atom. The minimum Gasteiger partial charge on any atom is -0.306 e. The van der Waals surface area contributed by atoms with Gasteiger partial charge in [0.15, 0.2) is 9.84 Å². The first-order valence-electron chi connectivity index (χ1n) is 6.79. The van der Waals surface area contributed by atoms with Crippen molar-refractivity contribution in [2.24, 2.45) is 5.41 Å². The summed E-state index contributed by atoms with van der Waals surface area (Å²) in [6, 6.07) is 10.5. The van der Waals surface area contributed by atoms with E-state index in [0.29, 0.717) is 5.75 Å². The Morgan fingerprint density at radius 2 is 1.84 bits per heavy atom. The van der Waals surface area contributed by atoms with Crippen molar-refractivity contribution in [3.63, 3.8) is 0 Å². The van der Waals surface area contributed by atoms with Crippen molar-refractivity contribution in [3.8, 4) is 0 Å². The monoisotopic (exact) mass is 281 g/mol. The third-order valence-electron chi connectivity index (χ3n) is 3.63. The molecule has 4 heteroatoms. The average molecular weight is 281 g/mol. The highest BCUT2D eigenvalue weighted by Crippen LogP contribution is 2.33. The Labute approximate surface area is 116 Å². The zero-order chi connectivity index (χ0) is 14.1. The highest BCUT2D eigenvalue weighted by Gasteiger charge is 2.33. The molecule has 106 valence electrons. The van der Waals surface area contributed by atoms with E-state index in [2.05, 4.69) is 38.2 Å². The van der Waals surface area contributed by atoms with Crippen LogP contribution in [0, 0.1) is 5.41 Å². The standard InChI is InChI=1S/C15H23NO2S/c1-15(2,3)14(12-7-5-4-6-8-12)16-13-9-10-19(17,18)11-13/h4-8,13-14,16H,9-11H2,1-3H3. The van der Waals surface area contributed by atoms with E-state index < -0.39 is 9.84 Å². The summed E-state index contributed by atoms with van der Waals surface area (Å²) in [4.78, 5) is 0. The quantitative estimate of drug-likeness (QED) is 0.926. The summed E-state index contributed by atoms with van der Waals surface area (Å²) < 4.78 is 23.1. The van der Waals surface area contributed by atoms with Crippen LogP contribution in [0.2, 0.25) is 0 Å². The fourth-order valence-electron chi connectivity index (χ4n) is 2.65. The topological polar surface area (TPSA) is 46.2 Å². The van der Waals surface area contributed by atoms with Crippen LogP contribution in [-0.2, 0) is 9.84 Å². The lowest BCUT2D eigenvalue weighted by Gasteiger charge is -2.34. The van der Waals surface area contributed by atoms with Gasteiger partial charge >= 0.3 is 0 Å². The van der Waals surface area contributed by atoms with Gasteiger partial charge in [-0.2, -0.15) is 0 Å². The molecule has 1 saturated heterocycles. The van der Waals surface area contributed by atoms with Crippen LogP contribution in [0.5, 0.6) is 0 Å². The molecule has 1 aromatic rings. The number of rotatable bonds is 3. The van der Waals surface area contributed by atoms with Crippen LogP contribution in [0.25, 0.3) is 0 Å². The van der Waals surface area contributed by atoms with E-state index in [1.165, 1.54) is 5.56 Å². The summed E-state index contributed by atoms with van der Waals surface area (Å²) in [6.45, 7) is 6.54. The molecule has 2 unspecified atom stereocenters. The van der Waals surface area contributed by atoms with Gasteiger partial charge in [-0.05, 0) is 17.4 Å². The molecule has 0 amide bonds. The predicted molar refractivity (Wildman–Crippen MR) is 78.8 cm³/mol. The van der Waals surface area contributed by atoms with Gasteiger partial charge in [-0.15, -0.1) is 0 Å². The van der Waals surface area contributed by atoms with Crippen LogP contribution < -0.4 is 5.32 Å². The molecule has 1 heterocycles. The van der Waals surface area contributed by atoms with E-state index in [4.69, 9.17) is 0 Å². The first-order chi connectivity index (χ1) is 8.78. The lowest BCUT2D eigenvalue weighted by molar-refractivity contribution is 0.254. The van der Waals surface area contributed by atoms with E-state index in [9.17, 15) is 8.42 Å². The van der Waals surface area contributed by atoms with Crippen LogP contribution in [0.1, 0.15) is 38.8 Å². The summed E-state index contributed by atoms with van der Waals surface area (Å²) in [5, 5.41) is 3.55. The zero-order valence-corrected chi connectivity index (χ0v) is 12.7. The van der Waals surface area contributed by atoms with Gasteiger partial charge in [-0.1, -0.05) is 51.1 Å². The summed E-state index contributed by atoms with van der Waals surface area (Å²) in [6.07, 6.45) is 0.724. The molecule has 0 bridgehead atoms. The molecular formula is C15H23NO2S. The minimum atomic E-state index is -2.83. The maximum absolute atomic E-state index is 11.6. The van der Waals surface area contributed by atoms with Crippen LogP contribution >= 0.6 is 0 Å². The highest BCUT2D eigenvalue weighted by atomic mass is 32.2. The van der Waals surface area contributed by atoms with Crippen molar-refractivity contribution >= 4 is 9.84 Å². The highest BCUT2D eigenvalue weighted by molar-refractivity contribution is 7.91. The SMILES string of the molecule is CC(C)(C)C(NC1CCS(=O)(=O)C1)c1ccccc1. The fraction of sp³-hybridized carbons (Fsp3) is 0.600. The smallest absolute Gasteiger partial charge is 0.151 e. The second-order valence-corrected chi connectivity index (χ2v) is 8.71. The Balaban J connectivity index is 2.17. The number of hydrogen-bond donors (Lipinski definition) is 1. The molecule has 2 rings (SSSR count). The molecule has 0 spiro atoms. The third kappa shape index (κ3) is 3.80. The van der Waals surface area contributed by atoms with E-state index in [-0.39, 0.29) is 23.3 Å². The first-order valence-corrected chi connectivity index (χ1v) is 8.61. The summed E-state index contributed by atoms with van der Waals surface area (Å²) >= 11 is 0. The molecule has 2 atom stereocenters. The van der Waals surface area contributed by atoms with Crippen LogP contribution in [-0.4, -0.2) is 26.0 Å². The summed E-state index contributed by atoms with van der Waals surface area (Å²) in [5.41, 5.74) is 1.27. The fourth-order valence-corrected chi connectivity index (χ4v) is 4.34. The lowest BCUT2D eigenvalue weighted by Crippen LogP contribution is -2.40. The van der Waals surface area contributed by atoms with Gasteiger partial charge < -0.3 is 5.32 Å². The Kier molecular flexibility index (Phi) is 4.02. The van der Waals surface area contributed by atoms with E-state index in [1.807, 2.05) is 18.2 Å². The molecule has 1 aliphatic heterocycles. The third-order valence-corrected chi connectivity index (χ3v) is 5.40. The number of sulfone groups is 1. The lowest BCUT2D eigenvalue weighted by atomic mass is 9.82. The van der Waals surface area contributed by atoms with Gasteiger partial charge in [0.05, 0.1) is 11.5 Å². The normalized spacial score (nSPS) is 24.3. The predicted octanol–water partition coefficient (Wildman–Crippen LogP) is 2.55. The maximum Gasteiger partial charge on any atom is 0.151 e. The van der Waals surface area contributed by atoms with Gasteiger partial charge in [0.2, 0.25) is 0 Å². The molecule has 1 fully saturated rings. The number of benzene rings is 1.